The molecule has 4 nitrogen and oxygen atoms in total. The van der Waals surface area contributed by atoms with E-state index in [4.69, 9.17) is 0 Å². The number of nitrogens with zero attached hydrogens (tertiary/aromatic N) is 1. The Balaban J connectivity index is 2.32. The molecule has 80 valence electrons. The lowest BCUT2D eigenvalue weighted by molar-refractivity contribution is -0.133. The van der Waals surface area contributed by atoms with E-state index in [1.807, 2.05) is 0 Å². The number of likely N-dealkylation sites (tertiary alicyclic amines) is 1. The molecule has 1 aliphatic rings. The molecule has 14 heavy (non-hydrogen) atoms. The summed E-state index contributed by atoms with van der Waals surface area (Å²) in [7, 11) is 1.76. The summed E-state index contributed by atoms with van der Waals surface area (Å²) in [6, 6.07) is 0.116. The topological polar surface area (TPSA) is 49.4 Å². The molecule has 0 radical (unpaired) electrons. The monoisotopic (exact) mass is 216 g/mol. The van der Waals surface area contributed by atoms with Crippen molar-refractivity contribution in [3.8, 4) is 0 Å². The van der Waals surface area contributed by atoms with Gasteiger partial charge in [0.15, 0.2) is 0 Å². The second-order valence-corrected chi connectivity index (χ2v) is 4.00. The van der Waals surface area contributed by atoms with E-state index in [2.05, 4.69) is 17.9 Å². The van der Waals surface area contributed by atoms with E-state index in [1.54, 1.807) is 11.9 Å². The highest BCUT2D eigenvalue weighted by molar-refractivity contribution is 7.80. The minimum atomic E-state index is 0.0211. The zero-order valence-electron chi connectivity index (χ0n) is 8.32. The fourth-order valence-corrected chi connectivity index (χ4v) is 1.73. The molecule has 1 rings (SSSR count). The highest BCUT2D eigenvalue weighted by atomic mass is 32.1. The molecule has 0 aliphatic carbocycles. The van der Waals surface area contributed by atoms with Crippen LogP contribution in [0.25, 0.3) is 0 Å². The molecule has 5 heteroatoms. The molecule has 1 saturated heterocycles. The molecular formula is C9H16N2O2S. The SMILES string of the molecule is CN1CC(NC(=O)CCS)CCC1=O. The van der Waals surface area contributed by atoms with E-state index < -0.39 is 0 Å². The Hall–Kier alpha value is -0.710. The first-order chi connectivity index (χ1) is 6.63. The summed E-state index contributed by atoms with van der Waals surface area (Å²) in [6.07, 6.45) is 1.72. The van der Waals surface area contributed by atoms with Gasteiger partial charge >= 0.3 is 0 Å². The summed E-state index contributed by atoms with van der Waals surface area (Å²) in [5.74, 6) is 0.741. The van der Waals surface area contributed by atoms with Crippen LogP contribution in [-0.2, 0) is 9.59 Å². The van der Waals surface area contributed by atoms with Gasteiger partial charge in [-0.2, -0.15) is 12.6 Å². The van der Waals surface area contributed by atoms with Gasteiger partial charge in [0.2, 0.25) is 11.8 Å². The maximum atomic E-state index is 11.2. The highest BCUT2D eigenvalue weighted by Crippen LogP contribution is 2.09. The Bertz CT molecular complexity index is 233. The summed E-state index contributed by atoms with van der Waals surface area (Å²) in [5.41, 5.74) is 0. The Morgan fingerprint density at radius 1 is 1.71 bits per heavy atom. The number of thiol groups is 1. The molecule has 1 aliphatic heterocycles. The zero-order chi connectivity index (χ0) is 10.6. The predicted molar refractivity (Wildman–Crippen MR) is 57.3 cm³/mol. The van der Waals surface area contributed by atoms with Crippen molar-refractivity contribution in [3.05, 3.63) is 0 Å². The lowest BCUT2D eigenvalue weighted by Crippen LogP contribution is -2.48. The molecule has 0 spiro atoms. The van der Waals surface area contributed by atoms with Gasteiger partial charge in [-0.05, 0) is 12.2 Å². The van der Waals surface area contributed by atoms with Gasteiger partial charge in [0.25, 0.3) is 0 Å². The van der Waals surface area contributed by atoms with Gasteiger partial charge in [0.05, 0.1) is 0 Å². The maximum absolute atomic E-state index is 11.2. The predicted octanol–water partition coefficient (Wildman–Crippen LogP) is 0.0433. The van der Waals surface area contributed by atoms with Crippen LogP contribution in [0.3, 0.4) is 0 Å². The number of carbonyl (C=O) groups excluding carboxylic acids is 2. The van der Waals surface area contributed by atoms with Crippen LogP contribution in [-0.4, -0.2) is 42.1 Å². The Labute approximate surface area is 89.4 Å². The second kappa shape index (κ2) is 5.24. The molecule has 1 N–H and O–H groups in total. The van der Waals surface area contributed by atoms with Crippen molar-refractivity contribution in [3.63, 3.8) is 0 Å². The van der Waals surface area contributed by atoms with Crippen molar-refractivity contribution in [2.75, 3.05) is 19.3 Å². The van der Waals surface area contributed by atoms with E-state index in [0.29, 0.717) is 25.1 Å². The van der Waals surface area contributed by atoms with E-state index in [9.17, 15) is 9.59 Å². The van der Waals surface area contributed by atoms with Crippen LogP contribution in [0.4, 0.5) is 0 Å². The van der Waals surface area contributed by atoms with Crippen molar-refractivity contribution in [2.24, 2.45) is 0 Å². The lowest BCUT2D eigenvalue weighted by Gasteiger charge is -2.30. The van der Waals surface area contributed by atoms with E-state index >= 15 is 0 Å². The van der Waals surface area contributed by atoms with Gasteiger partial charge in [-0.15, -0.1) is 0 Å². The van der Waals surface area contributed by atoms with Gasteiger partial charge in [-0.25, -0.2) is 0 Å². The Kier molecular flexibility index (Phi) is 4.25. The van der Waals surface area contributed by atoms with Crippen LogP contribution < -0.4 is 5.32 Å². The van der Waals surface area contributed by atoms with Gasteiger partial charge in [0, 0.05) is 32.5 Å². The first-order valence-electron chi connectivity index (χ1n) is 4.77. The van der Waals surface area contributed by atoms with Crippen molar-refractivity contribution in [1.82, 2.24) is 10.2 Å². The van der Waals surface area contributed by atoms with E-state index in [1.165, 1.54) is 0 Å². The number of amides is 2. The fraction of sp³-hybridized carbons (Fsp3) is 0.778. The van der Waals surface area contributed by atoms with Crippen molar-refractivity contribution in [1.29, 1.82) is 0 Å². The summed E-state index contributed by atoms with van der Waals surface area (Å²) >= 11 is 3.98. The Morgan fingerprint density at radius 3 is 3.00 bits per heavy atom. The minimum absolute atomic E-state index is 0.0211. The third-order valence-electron chi connectivity index (χ3n) is 2.33. The van der Waals surface area contributed by atoms with Gasteiger partial charge in [-0.3, -0.25) is 9.59 Å². The van der Waals surface area contributed by atoms with Crippen LogP contribution in [0.15, 0.2) is 0 Å². The maximum Gasteiger partial charge on any atom is 0.222 e. The van der Waals surface area contributed by atoms with E-state index in [0.717, 1.165) is 6.42 Å². The molecule has 0 aromatic rings. The summed E-state index contributed by atoms with van der Waals surface area (Å²) in [5, 5.41) is 2.89. The quantitative estimate of drug-likeness (QED) is 0.655. The highest BCUT2D eigenvalue weighted by Gasteiger charge is 2.23. The normalized spacial score (nSPS) is 22.3. The minimum Gasteiger partial charge on any atom is -0.352 e. The summed E-state index contributed by atoms with van der Waals surface area (Å²) in [6.45, 7) is 0.622. The number of rotatable bonds is 3. The molecule has 2 amide bonds. The molecular weight excluding hydrogens is 200 g/mol. The van der Waals surface area contributed by atoms with Crippen LogP contribution in [0.5, 0.6) is 0 Å². The van der Waals surface area contributed by atoms with Gasteiger partial charge in [-0.1, -0.05) is 0 Å². The van der Waals surface area contributed by atoms with Crippen LogP contribution in [0.2, 0.25) is 0 Å². The van der Waals surface area contributed by atoms with Crippen LogP contribution in [0, 0.1) is 0 Å². The van der Waals surface area contributed by atoms with Gasteiger partial charge in [0.1, 0.15) is 0 Å². The molecule has 0 aromatic heterocycles. The number of piperidine rings is 1. The molecule has 1 heterocycles. The van der Waals surface area contributed by atoms with Crippen molar-refractivity contribution < 1.29 is 9.59 Å². The molecule has 1 unspecified atom stereocenters. The zero-order valence-corrected chi connectivity index (χ0v) is 9.22. The average Bonchev–Trinajstić information content (AvgIpc) is 2.12. The third kappa shape index (κ3) is 3.21. The number of hydrogen-bond donors (Lipinski definition) is 2. The number of nitrogens with one attached hydrogen (secondary N) is 1. The third-order valence-corrected chi connectivity index (χ3v) is 2.55. The molecule has 1 fully saturated rings. The first kappa shape index (κ1) is 11.4. The molecule has 0 bridgehead atoms. The number of carbonyl (C=O) groups is 2. The Morgan fingerprint density at radius 2 is 2.43 bits per heavy atom. The standard InChI is InChI=1S/C9H16N2O2S/c1-11-6-7(2-3-9(11)13)10-8(12)4-5-14/h7,14H,2-6H2,1H3,(H,10,12). The smallest absolute Gasteiger partial charge is 0.222 e. The average molecular weight is 216 g/mol. The van der Waals surface area contributed by atoms with Crippen molar-refractivity contribution in [2.45, 2.75) is 25.3 Å². The van der Waals surface area contributed by atoms with Crippen LogP contribution in [0.1, 0.15) is 19.3 Å². The second-order valence-electron chi connectivity index (χ2n) is 3.55. The van der Waals surface area contributed by atoms with Crippen LogP contribution >= 0.6 is 12.6 Å². The lowest BCUT2D eigenvalue weighted by atomic mass is 10.1. The molecule has 0 saturated carbocycles. The summed E-state index contributed by atoms with van der Waals surface area (Å²) in [4.78, 5) is 24.0. The molecule has 1 atom stereocenters. The number of likely N-dealkylation sites (N-methyl/N-ethyl adjacent to an activating group) is 1. The van der Waals surface area contributed by atoms with E-state index in [-0.39, 0.29) is 17.9 Å². The van der Waals surface area contributed by atoms with Crippen molar-refractivity contribution >= 4 is 24.4 Å². The largest absolute Gasteiger partial charge is 0.352 e. The number of hydrogen-bond acceptors (Lipinski definition) is 3. The first-order valence-corrected chi connectivity index (χ1v) is 5.41. The van der Waals surface area contributed by atoms with Gasteiger partial charge < -0.3 is 10.2 Å². The fourth-order valence-electron chi connectivity index (χ4n) is 1.53. The molecule has 0 aromatic carbocycles. The summed E-state index contributed by atoms with van der Waals surface area (Å²) < 4.78 is 0.